The fraction of sp³-hybridized carbons (Fsp3) is 0.658. The summed E-state index contributed by atoms with van der Waals surface area (Å²) in [5.74, 6) is -4.00. The molecule has 0 aromatic heterocycles. The van der Waals surface area contributed by atoms with Crippen molar-refractivity contribution in [3.8, 4) is 0 Å². The molecule has 1 heterocycles. The van der Waals surface area contributed by atoms with Crippen LogP contribution in [0.1, 0.15) is 97.6 Å². The second kappa shape index (κ2) is 19.4. The molecular formula is C38H58N6O8. The molecule has 0 radical (unpaired) electrons. The Hall–Kier alpha value is -4.49. The molecule has 6 amide bonds. The molecule has 4 unspecified atom stereocenters. The standard InChI is InChI=1S/C38H58N6O8/c1-8-15-27(32(46)34(48)39-21-29(45)41-30(35(49)43(6)7)25-16-11-9-12-17-25)40-33(47)28-20-38(4,5)23-44(28)36(50)31(26-18-13-10-14-19-26)42-37(51)52-22-24(2)3/h9,11-12,16-17,24,26-28,30-31H,8,10,13-15,18-23H2,1-7H3,(H,39,48)(H,40,47)(H,41,45)(H,42,51). The number of hydrogen-bond donors (Lipinski definition) is 4. The Bertz CT molecular complexity index is 1430. The van der Waals surface area contributed by atoms with Crippen LogP contribution in [-0.2, 0) is 33.5 Å². The van der Waals surface area contributed by atoms with Crippen molar-refractivity contribution >= 4 is 41.4 Å². The number of Topliss-reactive ketones (excluding diaryl/α,β-unsaturated/α-hetero) is 1. The van der Waals surface area contributed by atoms with E-state index in [1.165, 1.54) is 9.80 Å². The van der Waals surface area contributed by atoms with Gasteiger partial charge in [0, 0.05) is 20.6 Å². The van der Waals surface area contributed by atoms with E-state index in [4.69, 9.17) is 4.74 Å². The lowest BCUT2D eigenvalue weighted by Crippen LogP contribution is -2.58. The van der Waals surface area contributed by atoms with Crippen molar-refractivity contribution in [1.82, 2.24) is 31.1 Å². The minimum absolute atomic E-state index is 0.112. The number of ketones is 1. The molecule has 1 aliphatic carbocycles. The van der Waals surface area contributed by atoms with E-state index < -0.39 is 65.7 Å². The topological polar surface area (TPSA) is 183 Å². The Morgan fingerprint density at radius 2 is 1.60 bits per heavy atom. The van der Waals surface area contributed by atoms with Crippen molar-refractivity contribution in [1.29, 1.82) is 0 Å². The minimum Gasteiger partial charge on any atom is -0.449 e. The predicted molar refractivity (Wildman–Crippen MR) is 194 cm³/mol. The van der Waals surface area contributed by atoms with Gasteiger partial charge in [-0.2, -0.15) is 0 Å². The molecule has 0 spiro atoms. The van der Waals surface area contributed by atoms with Crippen LogP contribution >= 0.6 is 0 Å². The van der Waals surface area contributed by atoms with E-state index in [9.17, 15) is 33.6 Å². The van der Waals surface area contributed by atoms with Gasteiger partial charge in [0.15, 0.2) is 0 Å². The van der Waals surface area contributed by atoms with Gasteiger partial charge in [-0.15, -0.1) is 0 Å². The Morgan fingerprint density at radius 1 is 0.942 bits per heavy atom. The highest BCUT2D eigenvalue weighted by atomic mass is 16.5. The lowest BCUT2D eigenvalue weighted by Gasteiger charge is -2.35. The first-order valence-electron chi connectivity index (χ1n) is 18.5. The quantitative estimate of drug-likeness (QED) is 0.188. The second-order valence-corrected chi connectivity index (χ2v) is 15.4. The van der Waals surface area contributed by atoms with Gasteiger partial charge < -0.3 is 35.8 Å². The number of rotatable bonds is 16. The highest BCUT2D eigenvalue weighted by Gasteiger charge is 2.47. The molecule has 52 heavy (non-hydrogen) atoms. The highest BCUT2D eigenvalue weighted by Crippen LogP contribution is 2.36. The SMILES string of the molecule is CCCC(NC(=O)C1CC(C)(C)CN1C(=O)C(NC(=O)OCC(C)C)C1CCCCC1)C(=O)C(=O)NCC(=O)NC(C(=O)N(C)C)c1ccccc1. The van der Waals surface area contributed by atoms with Crippen molar-refractivity contribution in [3.63, 3.8) is 0 Å². The van der Waals surface area contributed by atoms with Crippen LogP contribution in [-0.4, -0.2) is 103 Å². The Kier molecular flexibility index (Phi) is 15.6. The van der Waals surface area contributed by atoms with Gasteiger partial charge in [-0.25, -0.2) is 4.79 Å². The Morgan fingerprint density at radius 3 is 2.19 bits per heavy atom. The normalized spacial score (nSPS) is 18.8. The van der Waals surface area contributed by atoms with E-state index in [0.717, 1.165) is 32.1 Å². The van der Waals surface area contributed by atoms with Crippen LogP contribution in [0.3, 0.4) is 0 Å². The fourth-order valence-corrected chi connectivity index (χ4v) is 6.81. The summed E-state index contributed by atoms with van der Waals surface area (Å²) in [6.45, 7) is 9.42. The summed E-state index contributed by atoms with van der Waals surface area (Å²) in [6, 6.07) is 4.63. The zero-order chi connectivity index (χ0) is 38.6. The number of amides is 6. The molecule has 14 nitrogen and oxygen atoms in total. The predicted octanol–water partition coefficient (Wildman–Crippen LogP) is 2.86. The van der Waals surface area contributed by atoms with E-state index in [1.54, 1.807) is 51.4 Å². The number of alkyl carbamates (subject to hydrolysis) is 1. The average molecular weight is 727 g/mol. The molecule has 0 bridgehead atoms. The van der Waals surface area contributed by atoms with Crippen LogP contribution < -0.4 is 21.3 Å². The van der Waals surface area contributed by atoms with Gasteiger partial charge in [-0.1, -0.05) is 90.6 Å². The third kappa shape index (κ3) is 12.0. The summed E-state index contributed by atoms with van der Waals surface area (Å²) in [5, 5.41) is 10.5. The minimum atomic E-state index is -1.20. The number of nitrogens with one attached hydrogen (secondary N) is 4. The van der Waals surface area contributed by atoms with Gasteiger partial charge >= 0.3 is 6.09 Å². The van der Waals surface area contributed by atoms with Crippen LogP contribution in [0.25, 0.3) is 0 Å². The zero-order valence-electron chi connectivity index (χ0n) is 31.8. The maximum atomic E-state index is 14.3. The average Bonchev–Trinajstić information content (AvgIpc) is 3.45. The fourth-order valence-electron chi connectivity index (χ4n) is 6.81. The van der Waals surface area contributed by atoms with E-state index in [-0.39, 0.29) is 43.2 Å². The van der Waals surface area contributed by atoms with Gasteiger partial charge in [-0.05, 0) is 48.5 Å². The molecular weight excluding hydrogens is 668 g/mol. The Balaban J connectivity index is 1.71. The molecule has 2 fully saturated rings. The van der Waals surface area contributed by atoms with E-state index in [1.807, 2.05) is 27.7 Å². The summed E-state index contributed by atoms with van der Waals surface area (Å²) in [6.07, 6.45) is 4.67. The first-order chi connectivity index (χ1) is 24.5. The number of nitrogens with zero attached hydrogens (tertiary/aromatic N) is 2. The second-order valence-electron chi connectivity index (χ2n) is 15.4. The Labute approximate surface area is 307 Å². The number of ether oxygens (including phenoxy) is 1. The largest absolute Gasteiger partial charge is 0.449 e. The first-order valence-corrected chi connectivity index (χ1v) is 18.5. The molecule has 3 rings (SSSR count). The van der Waals surface area contributed by atoms with E-state index in [2.05, 4.69) is 21.3 Å². The third-order valence-corrected chi connectivity index (χ3v) is 9.48. The summed E-state index contributed by atoms with van der Waals surface area (Å²) >= 11 is 0. The van der Waals surface area contributed by atoms with E-state index >= 15 is 0 Å². The maximum Gasteiger partial charge on any atom is 0.407 e. The van der Waals surface area contributed by atoms with Gasteiger partial charge in [0.2, 0.25) is 29.4 Å². The first kappa shape index (κ1) is 41.9. The van der Waals surface area contributed by atoms with Crippen LogP contribution in [0.15, 0.2) is 30.3 Å². The summed E-state index contributed by atoms with van der Waals surface area (Å²) in [5.41, 5.74) is 0.116. The molecule has 1 aromatic rings. The number of benzene rings is 1. The lowest BCUT2D eigenvalue weighted by atomic mass is 9.83. The monoisotopic (exact) mass is 726 g/mol. The van der Waals surface area contributed by atoms with Crippen LogP contribution in [0, 0.1) is 17.3 Å². The molecule has 14 heteroatoms. The summed E-state index contributed by atoms with van der Waals surface area (Å²) in [7, 11) is 3.12. The smallest absolute Gasteiger partial charge is 0.407 e. The molecule has 1 saturated heterocycles. The maximum absolute atomic E-state index is 14.3. The summed E-state index contributed by atoms with van der Waals surface area (Å²) in [4.78, 5) is 95.8. The number of likely N-dealkylation sites (N-methyl/N-ethyl adjacent to an activating group) is 1. The number of carbonyl (C=O) groups is 7. The van der Waals surface area contributed by atoms with Gasteiger partial charge in [-0.3, -0.25) is 28.8 Å². The van der Waals surface area contributed by atoms with Crippen molar-refractivity contribution in [2.45, 2.75) is 110 Å². The molecule has 4 atom stereocenters. The summed E-state index contributed by atoms with van der Waals surface area (Å²) < 4.78 is 5.36. The van der Waals surface area contributed by atoms with Crippen LogP contribution in [0.4, 0.5) is 4.79 Å². The number of likely N-dealkylation sites (tertiary alicyclic amines) is 1. The van der Waals surface area contributed by atoms with Crippen LogP contribution in [0.2, 0.25) is 0 Å². The molecule has 1 saturated carbocycles. The van der Waals surface area contributed by atoms with Crippen molar-refractivity contribution in [3.05, 3.63) is 35.9 Å². The third-order valence-electron chi connectivity index (χ3n) is 9.48. The molecule has 1 aliphatic heterocycles. The van der Waals surface area contributed by atoms with Gasteiger partial charge in [0.1, 0.15) is 18.1 Å². The highest BCUT2D eigenvalue weighted by molar-refractivity contribution is 6.38. The molecule has 2 aliphatic rings. The van der Waals surface area contributed by atoms with Crippen molar-refractivity contribution in [2.24, 2.45) is 17.3 Å². The van der Waals surface area contributed by atoms with Crippen molar-refractivity contribution in [2.75, 3.05) is 33.8 Å². The molecule has 4 N–H and O–H groups in total. The van der Waals surface area contributed by atoms with Gasteiger partial charge in [0.25, 0.3) is 5.91 Å². The van der Waals surface area contributed by atoms with Gasteiger partial charge in [0.05, 0.1) is 19.2 Å². The lowest BCUT2D eigenvalue weighted by molar-refractivity contribution is -0.143. The molecule has 288 valence electrons. The number of hydrogen-bond acceptors (Lipinski definition) is 8. The molecule has 1 aromatic carbocycles. The van der Waals surface area contributed by atoms with E-state index in [0.29, 0.717) is 18.4 Å². The zero-order valence-corrected chi connectivity index (χ0v) is 31.8. The van der Waals surface area contributed by atoms with Crippen LogP contribution in [0.5, 0.6) is 0 Å². The van der Waals surface area contributed by atoms with Crippen molar-refractivity contribution < 1.29 is 38.3 Å². The number of carbonyl (C=O) groups excluding carboxylic acids is 7.